The van der Waals surface area contributed by atoms with Crippen LogP contribution >= 0.6 is 11.3 Å². The molecule has 0 saturated carbocycles. The second kappa shape index (κ2) is 11.3. The minimum absolute atomic E-state index is 0.00234. The number of carbonyl (C=O) groups is 4. The number of amides is 1. The summed E-state index contributed by atoms with van der Waals surface area (Å²) in [6, 6.07) is 0.586. The lowest BCUT2D eigenvalue weighted by Crippen LogP contribution is -2.70. The fourth-order valence-corrected chi connectivity index (χ4v) is 8.47. The first-order chi connectivity index (χ1) is 21.8. The van der Waals surface area contributed by atoms with E-state index in [9.17, 15) is 39.6 Å². The number of nitrogens with zero attached hydrogens (tertiary/aromatic N) is 3. The van der Waals surface area contributed by atoms with Crippen molar-refractivity contribution in [3.8, 4) is 5.75 Å². The van der Waals surface area contributed by atoms with Gasteiger partial charge >= 0.3 is 5.97 Å². The molecule has 1 amide bonds. The monoisotopic (exact) mass is 669 g/mol. The molecule has 7 N–H and O–H groups in total. The maximum atomic E-state index is 14.5. The zero-order valence-electron chi connectivity index (χ0n) is 27.2. The molecule has 5 rings (SSSR count). The molecule has 14 nitrogen and oxygen atoms in total. The molecule has 1 aromatic carbocycles. The third kappa shape index (κ3) is 4.78. The van der Waals surface area contributed by atoms with Crippen LogP contribution in [0.5, 0.6) is 5.75 Å². The third-order valence-electron chi connectivity index (χ3n) is 9.59. The Morgan fingerprint density at radius 1 is 1.17 bits per heavy atom. The number of aliphatic hydroxyl groups excluding tert-OH is 2. The molecule has 1 aromatic heterocycles. The van der Waals surface area contributed by atoms with Gasteiger partial charge in [0.25, 0.3) is 5.91 Å². The molecule has 0 saturated heterocycles. The first-order valence-electron chi connectivity index (χ1n) is 14.9. The smallest absolute Gasteiger partial charge is 0.357 e. The highest BCUT2D eigenvalue weighted by molar-refractivity contribution is 7.13. The van der Waals surface area contributed by atoms with Gasteiger partial charge in [-0.15, -0.1) is 11.3 Å². The number of thiazole rings is 1. The minimum atomic E-state index is -2.80. The molecule has 0 bridgehead atoms. The summed E-state index contributed by atoms with van der Waals surface area (Å²) in [6.07, 6.45) is 0.0420. The van der Waals surface area contributed by atoms with Crippen molar-refractivity contribution in [1.82, 2.24) is 9.88 Å². The number of phenols is 1. The lowest BCUT2D eigenvalue weighted by molar-refractivity contribution is -0.169. The molecular formula is C32H39N5O9S. The number of benzene rings is 1. The van der Waals surface area contributed by atoms with Crippen molar-refractivity contribution in [3.05, 3.63) is 56.5 Å². The van der Waals surface area contributed by atoms with E-state index in [1.165, 1.54) is 17.2 Å². The number of phenolic OH excluding ortho intramolecular Hbond substituents is 1. The number of carbonyl (C=O) groups excluding carboxylic acids is 4. The standard InChI is InChI=1S/C32H39N5O9S/c1-8-46-28(44)16-12-47-29(35-16)34-11-14-9-17(36(4)5)15-10-30(2)13-31(3)24(37(6)7)23(40)19(27(33)43)25(41)32(31,45)26(42)20(30)22(39)18(15)21(14)38/h9,12,24,38,40,42,45H,8,10-11,13H2,1-7H3,(H2,33,43)(H,34,35)/t24?,30-,31-,32+/m0/s1. The number of aliphatic hydroxyl groups is 3. The van der Waals surface area contributed by atoms with E-state index in [2.05, 4.69) is 10.3 Å². The van der Waals surface area contributed by atoms with Gasteiger partial charge in [0.2, 0.25) is 5.78 Å². The number of esters is 1. The van der Waals surface area contributed by atoms with Crippen molar-refractivity contribution in [2.75, 3.05) is 45.0 Å². The van der Waals surface area contributed by atoms with Crippen LogP contribution in [0, 0.1) is 10.8 Å². The van der Waals surface area contributed by atoms with E-state index < -0.39 is 63.0 Å². The number of aromatic hydroxyl groups is 1. The summed E-state index contributed by atoms with van der Waals surface area (Å²) in [4.78, 5) is 60.3. The van der Waals surface area contributed by atoms with Gasteiger partial charge in [-0.2, -0.15) is 0 Å². The number of Topliss-reactive ketones (excluding diaryl/α,β-unsaturated/α-hetero) is 2. The molecule has 0 fully saturated rings. The quantitative estimate of drug-likeness (QED) is 0.176. The number of nitrogens with two attached hydrogens (primary N) is 1. The van der Waals surface area contributed by atoms with Gasteiger partial charge in [-0.1, -0.05) is 13.8 Å². The topological polar surface area (TPSA) is 216 Å². The van der Waals surface area contributed by atoms with Crippen LogP contribution in [0.1, 0.15) is 59.2 Å². The first-order valence-corrected chi connectivity index (χ1v) is 15.8. The summed E-state index contributed by atoms with van der Waals surface area (Å²) >= 11 is 1.16. The summed E-state index contributed by atoms with van der Waals surface area (Å²) < 4.78 is 4.98. The van der Waals surface area contributed by atoms with Crippen LogP contribution in [0.2, 0.25) is 0 Å². The molecule has 0 spiro atoms. The Morgan fingerprint density at radius 3 is 2.40 bits per heavy atom. The van der Waals surface area contributed by atoms with Crippen LogP contribution in [0.3, 0.4) is 0 Å². The highest BCUT2D eigenvalue weighted by atomic mass is 32.1. The van der Waals surface area contributed by atoms with Crippen LogP contribution < -0.4 is 16.0 Å². The predicted octanol–water partition coefficient (Wildman–Crippen LogP) is 2.21. The van der Waals surface area contributed by atoms with E-state index in [1.54, 1.807) is 53.0 Å². The number of nitrogens with one attached hydrogen (secondary N) is 1. The number of aromatic nitrogens is 1. The predicted molar refractivity (Wildman–Crippen MR) is 173 cm³/mol. The van der Waals surface area contributed by atoms with E-state index in [0.29, 0.717) is 21.9 Å². The molecule has 1 unspecified atom stereocenters. The SMILES string of the molecule is CCOC(=O)c1csc(NCc2cc(N(C)C)c3c(c2O)C(=O)C2=C(O)[C@]4(O)C(=O)C(C(N)=O)=C(O)C(N(C)C)[C@]4(C)C[C@]2(C)C3)n1. The number of fused-ring (bicyclic) bond motifs is 3. The number of ketones is 2. The second-order valence-corrected chi connectivity index (χ2v) is 14.0. The lowest BCUT2D eigenvalue weighted by atomic mass is 9.47. The van der Waals surface area contributed by atoms with Gasteiger partial charge in [0.15, 0.2) is 22.2 Å². The summed E-state index contributed by atoms with van der Waals surface area (Å²) in [5, 5.41) is 51.8. The molecule has 3 aliphatic rings. The molecule has 2 aromatic rings. The number of hydrogen-bond acceptors (Lipinski definition) is 14. The number of ether oxygens (including phenoxy) is 1. The number of rotatable bonds is 8. The van der Waals surface area contributed by atoms with Crippen molar-refractivity contribution < 1.29 is 44.3 Å². The molecule has 47 heavy (non-hydrogen) atoms. The maximum absolute atomic E-state index is 14.5. The largest absolute Gasteiger partial charge is 0.510 e. The molecule has 4 atom stereocenters. The average Bonchev–Trinajstić information content (AvgIpc) is 3.43. The van der Waals surface area contributed by atoms with Crippen LogP contribution in [-0.2, 0) is 27.3 Å². The number of primary amides is 1. The normalized spacial score (nSPS) is 27.0. The van der Waals surface area contributed by atoms with Gasteiger partial charge in [-0.05, 0) is 45.5 Å². The maximum Gasteiger partial charge on any atom is 0.357 e. The minimum Gasteiger partial charge on any atom is -0.510 e. The van der Waals surface area contributed by atoms with Crippen LogP contribution in [0.4, 0.5) is 10.8 Å². The van der Waals surface area contributed by atoms with Crippen molar-refractivity contribution >= 4 is 45.6 Å². The number of allylic oxidation sites excluding steroid dienone is 1. The Labute approximate surface area is 275 Å². The van der Waals surface area contributed by atoms with E-state index in [-0.39, 0.29) is 48.6 Å². The van der Waals surface area contributed by atoms with E-state index in [4.69, 9.17) is 10.5 Å². The highest BCUT2D eigenvalue weighted by Crippen LogP contribution is 2.63. The zero-order valence-corrected chi connectivity index (χ0v) is 28.0. The van der Waals surface area contributed by atoms with Crippen LogP contribution in [-0.4, -0.2) is 100 Å². The fraction of sp³-hybridized carbons (Fsp3) is 0.469. The molecule has 3 aliphatic carbocycles. The molecule has 0 aliphatic heterocycles. The number of anilines is 2. The Balaban J connectivity index is 1.65. The van der Waals surface area contributed by atoms with Crippen molar-refractivity contribution in [2.24, 2.45) is 16.6 Å². The van der Waals surface area contributed by atoms with Gasteiger partial charge in [-0.3, -0.25) is 19.3 Å². The summed E-state index contributed by atoms with van der Waals surface area (Å²) in [5.41, 5.74) is 0.153. The fourth-order valence-electron chi connectivity index (χ4n) is 7.80. The molecule has 1 heterocycles. The van der Waals surface area contributed by atoms with E-state index in [1.807, 2.05) is 0 Å². The van der Waals surface area contributed by atoms with Crippen molar-refractivity contribution in [2.45, 2.75) is 51.8 Å². The van der Waals surface area contributed by atoms with Crippen molar-refractivity contribution in [3.63, 3.8) is 0 Å². The van der Waals surface area contributed by atoms with Crippen LogP contribution in [0.15, 0.2) is 34.1 Å². The van der Waals surface area contributed by atoms with Gasteiger partial charge in [0, 0.05) is 53.7 Å². The Kier molecular flexibility index (Phi) is 8.18. The molecular weight excluding hydrogens is 630 g/mol. The van der Waals surface area contributed by atoms with E-state index >= 15 is 0 Å². The van der Waals surface area contributed by atoms with Crippen molar-refractivity contribution in [1.29, 1.82) is 0 Å². The number of likely N-dealkylation sites (N-methyl/N-ethyl adjacent to an activating group) is 1. The zero-order chi connectivity index (χ0) is 35.0. The summed E-state index contributed by atoms with van der Waals surface area (Å²) in [6.45, 7) is 5.13. The molecule has 252 valence electrons. The Morgan fingerprint density at radius 2 is 1.83 bits per heavy atom. The third-order valence-corrected chi connectivity index (χ3v) is 10.4. The summed E-state index contributed by atoms with van der Waals surface area (Å²) in [7, 11) is 6.73. The second-order valence-electron chi connectivity index (χ2n) is 13.2. The Hall–Kier alpha value is -4.47. The van der Waals surface area contributed by atoms with Gasteiger partial charge < -0.3 is 41.1 Å². The Bertz CT molecular complexity index is 1800. The highest BCUT2D eigenvalue weighted by Gasteiger charge is 2.71. The van der Waals surface area contributed by atoms with E-state index in [0.717, 1.165) is 11.3 Å². The lowest BCUT2D eigenvalue weighted by Gasteiger charge is -2.59. The average molecular weight is 670 g/mol. The summed E-state index contributed by atoms with van der Waals surface area (Å²) in [5.74, 6) is -5.91. The number of hydrogen-bond donors (Lipinski definition) is 6. The molecule has 0 radical (unpaired) electrons. The first kappa shape index (κ1) is 33.9. The van der Waals surface area contributed by atoms with Gasteiger partial charge in [0.1, 0.15) is 22.8 Å². The van der Waals surface area contributed by atoms with Gasteiger partial charge in [-0.25, -0.2) is 9.78 Å². The van der Waals surface area contributed by atoms with Crippen LogP contribution in [0.25, 0.3) is 0 Å². The molecule has 15 heteroatoms. The van der Waals surface area contributed by atoms with Gasteiger partial charge in [0.05, 0.1) is 18.2 Å².